The van der Waals surface area contributed by atoms with Crippen LogP contribution in [0, 0.1) is 0 Å². The Balaban J connectivity index is 2.04. The molecule has 1 aromatic carbocycles. The molecule has 1 aromatic heterocycles. The first kappa shape index (κ1) is 14.7. The summed E-state index contributed by atoms with van der Waals surface area (Å²) in [4.78, 5) is 23.0. The topological polar surface area (TPSA) is 104 Å². The van der Waals surface area contributed by atoms with Gasteiger partial charge in [-0.25, -0.2) is 4.79 Å². The molecule has 0 saturated carbocycles. The van der Waals surface area contributed by atoms with Crippen molar-refractivity contribution in [2.24, 2.45) is 7.05 Å². The van der Waals surface area contributed by atoms with Crippen LogP contribution >= 0.6 is 0 Å². The molecule has 2 rings (SSSR count). The van der Waals surface area contributed by atoms with Crippen molar-refractivity contribution >= 4 is 11.9 Å². The number of hydrogen-bond acceptors (Lipinski definition) is 4. The van der Waals surface area contributed by atoms with Gasteiger partial charge >= 0.3 is 5.97 Å². The predicted octanol–water partition coefficient (Wildman–Crippen LogP) is 0.582. The first-order chi connectivity index (χ1) is 9.99. The summed E-state index contributed by atoms with van der Waals surface area (Å²) in [5, 5.41) is 25.2. The highest BCUT2D eigenvalue weighted by atomic mass is 16.4. The number of carbonyl (C=O) groups is 2. The van der Waals surface area contributed by atoms with Crippen LogP contribution in [0.15, 0.2) is 36.5 Å². The SMILES string of the molecule is Cn1cc(C(=O)O)c(C(=O)NCC(O)c2ccccc2)n1. The summed E-state index contributed by atoms with van der Waals surface area (Å²) in [6, 6.07) is 8.85. The molecule has 0 aliphatic carbocycles. The third-order valence-corrected chi connectivity index (χ3v) is 2.91. The minimum Gasteiger partial charge on any atom is -0.478 e. The Labute approximate surface area is 120 Å². The third-order valence-electron chi connectivity index (χ3n) is 2.91. The summed E-state index contributed by atoms with van der Waals surface area (Å²) in [5.41, 5.74) is 0.312. The van der Waals surface area contributed by atoms with E-state index < -0.39 is 18.0 Å². The maximum Gasteiger partial charge on any atom is 0.339 e. The number of amides is 1. The van der Waals surface area contributed by atoms with Gasteiger partial charge in [0.25, 0.3) is 5.91 Å². The standard InChI is InChI=1S/C14H15N3O4/c1-17-8-10(14(20)21)12(16-17)13(19)15-7-11(18)9-5-3-2-4-6-9/h2-6,8,11,18H,7H2,1H3,(H,15,19)(H,20,21). The lowest BCUT2D eigenvalue weighted by Crippen LogP contribution is -2.29. The van der Waals surface area contributed by atoms with E-state index in [-0.39, 0.29) is 17.8 Å². The van der Waals surface area contributed by atoms with Crippen molar-refractivity contribution in [1.82, 2.24) is 15.1 Å². The number of aliphatic hydroxyl groups is 1. The van der Waals surface area contributed by atoms with Gasteiger partial charge < -0.3 is 15.5 Å². The Bertz CT molecular complexity index is 651. The molecule has 7 nitrogen and oxygen atoms in total. The van der Waals surface area contributed by atoms with Gasteiger partial charge in [-0.3, -0.25) is 9.48 Å². The summed E-state index contributed by atoms with van der Waals surface area (Å²) in [6.07, 6.45) is 0.386. The van der Waals surface area contributed by atoms with Gasteiger partial charge in [-0.15, -0.1) is 0 Å². The normalized spacial score (nSPS) is 11.9. The highest BCUT2D eigenvalue weighted by molar-refractivity contribution is 6.03. The van der Waals surface area contributed by atoms with Crippen molar-refractivity contribution in [2.45, 2.75) is 6.10 Å². The van der Waals surface area contributed by atoms with E-state index in [0.29, 0.717) is 5.56 Å². The maximum atomic E-state index is 12.0. The van der Waals surface area contributed by atoms with Gasteiger partial charge in [0.2, 0.25) is 0 Å². The second kappa shape index (κ2) is 6.19. The number of aromatic carboxylic acids is 1. The molecule has 1 amide bonds. The van der Waals surface area contributed by atoms with Crippen molar-refractivity contribution in [3.63, 3.8) is 0 Å². The zero-order valence-corrected chi connectivity index (χ0v) is 11.4. The summed E-state index contributed by atoms with van der Waals surface area (Å²) in [7, 11) is 1.53. The second-order valence-corrected chi connectivity index (χ2v) is 4.51. The van der Waals surface area contributed by atoms with Crippen molar-refractivity contribution in [3.8, 4) is 0 Å². The van der Waals surface area contributed by atoms with Crippen LogP contribution in [-0.2, 0) is 7.05 Å². The lowest BCUT2D eigenvalue weighted by atomic mass is 10.1. The lowest BCUT2D eigenvalue weighted by molar-refractivity contribution is 0.0690. The van der Waals surface area contributed by atoms with Gasteiger partial charge in [-0.1, -0.05) is 30.3 Å². The van der Waals surface area contributed by atoms with Crippen LogP contribution in [0.2, 0.25) is 0 Å². The van der Waals surface area contributed by atoms with Crippen LogP contribution in [0.3, 0.4) is 0 Å². The van der Waals surface area contributed by atoms with Gasteiger partial charge in [0.05, 0.1) is 6.10 Å². The first-order valence-corrected chi connectivity index (χ1v) is 6.27. The van der Waals surface area contributed by atoms with Crippen LogP contribution in [0.25, 0.3) is 0 Å². The van der Waals surface area contributed by atoms with Crippen LogP contribution in [0.5, 0.6) is 0 Å². The fourth-order valence-electron chi connectivity index (χ4n) is 1.88. The van der Waals surface area contributed by atoms with E-state index >= 15 is 0 Å². The molecule has 21 heavy (non-hydrogen) atoms. The molecule has 1 unspecified atom stereocenters. The molecule has 0 saturated heterocycles. The number of aryl methyl sites for hydroxylation is 1. The van der Waals surface area contributed by atoms with E-state index in [1.165, 1.54) is 17.9 Å². The zero-order valence-electron chi connectivity index (χ0n) is 11.4. The number of hydrogen-bond donors (Lipinski definition) is 3. The molecule has 0 bridgehead atoms. The molecule has 1 atom stereocenters. The molecule has 7 heteroatoms. The quantitative estimate of drug-likeness (QED) is 0.747. The number of aliphatic hydroxyl groups excluding tert-OH is 1. The number of nitrogens with one attached hydrogen (secondary N) is 1. The maximum absolute atomic E-state index is 12.0. The third kappa shape index (κ3) is 3.46. The van der Waals surface area contributed by atoms with Crippen LogP contribution < -0.4 is 5.32 Å². The zero-order chi connectivity index (χ0) is 15.4. The largest absolute Gasteiger partial charge is 0.478 e. The van der Waals surface area contributed by atoms with Gasteiger partial charge in [-0.05, 0) is 5.56 Å². The fraction of sp³-hybridized carbons (Fsp3) is 0.214. The molecule has 110 valence electrons. The molecule has 1 heterocycles. The number of carboxylic acids is 1. The number of benzene rings is 1. The van der Waals surface area contributed by atoms with E-state index in [1.807, 2.05) is 6.07 Å². The number of aromatic nitrogens is 2. The molecule has 3 N–H and O–H groups in total. The molecule has 0 aliphatic rings. The van der Waals surface area contributed by atoms with Gasteiger partial charge in [-0.2, -0.15) is 5.10 Å². The minimum absolute atomic E-state index is 0.0293. The van der Waals surface area contributed by atoms with E-state index in [2.05, 4.69) is 10.4 Å². The predicted molar refractivity (Wildman–Crippen MR) is 73.9 cm³/mol. The van der Waals surface area contributed by atoms with Crippen molar-refractivity contribution in [3.05, 3.63) is 53.3 Å². The summed E-state index contributed by atoms with van der Waals surface area (Å²) in [5.74, 6) is -1.86. The van der Waals surface area contributed by atoms with Crippen LogP contribution in [0.1, 0.15) is 32.5 Å². The van der Waals surface area contributed by atoms with E-state index in [1.54, 1.807) is 24.3 Å². The van der Waals surface area contributed by atoms with Crippen molar-refractivity contribution < 1.29 is 19.8 Å². The average molecular weight is 289 g/mol. The van der Waals surface area contributed by atoms with Gasteiger partial charge in [0, 0.05) is 19.8 Å². The highest BCUT2D eigenvalue weighted by Gasteiger charge is 2.21. The highest BCUT2D eigenvalue weighted by Crippen LogP contribution is 2.11. The molecule has 0 radical (unpaired) electrons. The van der Waals surface area contributed by atoms with E-state index in [4.69, 9.17) is 5.11 Å². The Hall–Kier alpha value is -2.67. The molecule has 0 spiro atoms. The molecule has 2 aromatic rings. The fourth-order valence-corrected chi connectivity index (χ4v) is 1.88. The van der Waals surface area contributed by atoms with Gasteiger partial charge in [0.1, 0.15) is 5.56 Å². The summed E-state index contributed by atoms with van der Waals surface area (Å²) >= 11 is 0. The number of nitrogens with zero attached hydrogens (tertiary/aromatic N) is 2. The minimum atomic E-state index is -1.23. The molecule has 0 fully saturated rings. The Kier molecular flexibility index (Phi) is 4.34. The average Bonchev–Trinajstić information content (AvgIpc) is 2.87. The molecule has 0 aliphatic heterocycles. The number of rotatable bonds is 5. The van der Waals surface area contributed by atoms with E-state index in [9.17, 15) is 14.7 Å². The van der Waals surface area contributed by atoms with Crippen LogP contribution in [0.4, 0.5) is 0 Å². The Morgan fingerprint density at radius 3 is 2.62 bits per heavy atom. The van der Waals surface area contributed by atoms with Crippen molar-refractivity contribution in [1.29, 1.82) is 0 Å². The first-order valence-electron chi connectivity index (χ1n) is 6.27. The molecular weight excluding hydrogens is 274 g/mol. The summed E-state index contributed by atoms with van der Waals surface area (Å²) < 4.78 is 1.26. The smallest absolute Gasteiger partial charge is 0.339 e. The monoisotopic (exact) mass is 289 g/mol. The second-order valence-electron chi connectivity index (χ2n) is 4.51. The van der Waals surface area contributed by atoms with Crippen LogP contribution in [-0.4, -0.2) is 38.4 Å². The number of carbonyl (C=O) groups excluding carboxylic acids is 1. The number of carboxylic acid groups (broad SMARTS) is 1. The Morgan fingerprint density at radius 1 is 1.33 bits per heavy atom. The van der Waals surface area contributed by atoms with Crippen molar-refractivity contribution in [2.75, 3.05) is 6.54 Å². The molecular formula is C14H15N3O4. The lowest BCUT2D eigenvalue weighted by Gasteiger charge is -2.11. The summed E-state index contributed by atoms with van der Waals surface area (Å²) in [6.45, 7) is -0.0293. The van der Waals surface area contributed by atoms with Gasteiger partial charge in [0.15, 0.2) is 5.69 Å². The van der Waals surface area contributed by atoms with E-state index in [0.717, 1.165) is 0 Å². The Morgan fingerprint density at radius 2 is 2.00 bits per heavy atom.